The first-order valence-electron chi connectivity index (χ1n) is 8.87. The Morgan fingerprint density at radius 2 is 1.61 bits per heavy atom. The molecule has 0 atom stereocenters. The molecule has 7 heteroatoms. The van der Waals surface area contributed by atoms with Crippen molar-refractivity contribution < 1.29 is 23.6 Å². The zero-order chi connectivity index (χ0) is 20.9. The number of halogens is 1. The van der Waals surface area contributed by atoms with Crippen molar-refractivity contribution >= 4 is 35.7 Å². The van der Waals surface area contributed by atoms with Crippen molar-refractivity contribution in [2.45, 2.75) is 27.7 Å². The summed E-state index contributed by atoms with van der Waals surface area (Å²) in [5.74, 6) is 0.600. The first-order valence-corrected chi connectivity index (χ1v) is 11.7. The third kappa shape index (κ3) is 2.64. The summed E-state index contributed by atoms with van der Waals surface area (Å²) in [5.41, 5.74) is 3.90. The molecule has 28 heavy (non-hydrogen) atoms. The number of hydrogen-bond donors (Lipinski definition) is 0. The molecule has 2 heterocycles. The second kappa shape index (κ2) is 6.75. The second-order valence-electron chi connectivity index (χ2n) is 7.33. The van der Waals surface area contributed by atoms with E-state index in [1.54, 1.807) is 0 Å². The molecule has 1 aromatic carbocycles. The Balaban J connectivity index is 2.47. The van der Waals surface area contributed by atoms with Crippen LogP contribution in [0.5, 0.6) is 0 Å². The molecule has 0 saturated heterocycles. The number of esters is 2. The van der Waals surface area contributed by atoms with E-state index in [-0.39, 0.29) is 11.1 Å². The van der Waals surface area contributed by atoms with Crippen molar-refractivity contribution in [3.8, 4) is 0 Å². The van der Waals surface area contributed by atoms with Gasteiger partial charge in [-0.3, -0.25) is 0 Å². The van der Waals surface area contributed by atoms with Gasteiger partial charge in [-0.1, -0.05) is 0 Å². The number of ether oxygens (including phenoxy) is 2. The molecule has 3 rings (SSSR count). The molecule has 2 aliphatic heterocycles. The summed E-state index contributed by atoms with van der Waals surface area (Å²) in [6, 6.07) is 4.11. The molecule has 0 fully saturated rings. The monoisotopic (exact) mass is 422 g/mol. The number of allylic oxidation sites excluding steroid dienone is 3. The van der Waals surface area contributed by atoms with Crippen LogP contribution in [0.25, 0.3) is 0 Å². The Morgan fingerprint density at radius 3 is 2.11 bits per heavy atom. The molecule has 0 aromatic heterocycles. The molecule has 1 aromatic rings. The minimum absolute atomic E-state index is 0.0816. The second-order valence-corrected chi connectivity index (χ2v) is 12.0. The van der Waals surface area contributed by atoms with Gasteiger partial charge in [0.05, 0.1) is 0 Å². The summed E-state index contributed by atoms with van der Waals surface area (Å²) >= 11 is 6.35. The molecular formula is C21H24ClO5P. The average Bonchev–Trinajstić information content (AvgIpc) is 2.61. The van der Waals surface area contributed by atoms with Crippen LogP contribution in [-0.2, 0) is 23.6 Å². The summed E-state index contributed by atoms with van der Waals surface area (Å²) in [4.78, 5) is 25.3. The van der Waals surface area contributed by atoms with Crippen LogP contribution in [0.15, 0.2) is 45.7 Å². The maximum atomic E-state index is 12.9. The van der Waals surface area contributed by atoms with Crippen molar-refractivity contribution in [2.75, 3.05) is 20.4 Å². The molecule has 0 radical (unpaired) electrons. The molecule has 0 saturated carbocycles. The van der Waals surface area contributed by atoms with Crippen LogP contribution < -0.4 is 5.30 Å². The van der Waals surface area contributed by atoms with E-state index in [1.165, 1.54) is 14.2 Å². The van der Waals surface area contributed by atoms with Crippen LogP contribution in [0.2, 0.25) is 0 Å². The van der Waals surface area contributed by atoms with Crippen molar-refractivity contribution in [1.29, 1.82) is 0 Å². The number of methoxy groups -OCH3 is 2. The van der Waals surface area contributed by atoms with Crippen LogP contribution in [0.1, 0.15) is 23.6 Å². The summed E-state index contributed by atoms with van der Waals surface area (Å²) < 4.78 is 16.3. The average molecular weight is 423 g/mol. The van der Waals surface area contributed by atoms with Crippen molar-refractivity contribution in [2.24, 2.45) is 0 Å². The van der Waals surface area contributed by atoms with Gasteiger partial charge in [0, 0.05) is 0 Å². The van der Waals surface area contributed by atoms with Gasteiger partial charge in [0.15, 0.2) is 0 Å². The van der Waals surface area contributed by atoms with Gasteiger partial charge in [-0.15, -0.1) is 0 Å². The van der Waals surface area contributed by atoms with E-state index in [4.69, 9.17) is 25.6 Å². The van der Waals surface area contributed by atoms with Gasteiger partial charge in [-0.05, 0) is 0 Å². The van der Waals surface area contributed by atoms with E-state index in [0.717, 1.165) is 27.6 Å². The first kappa shape index (κ1) is 20.6. The van der Waals surface area contributed by atoms with Gasteiger partial charge in [-0.25, -0.2) is 0 Å². The molecule has 1 spiro atoms. The van der Waals surface area contributed by atoms with Crippen LogP contribution >= 0.6 is 18.4 Å². The Labute approximate surface area is 170 Å². The Hall–Kier alpha value is -2.10. The van der Waals surface area contributed by atoms with E-state index in [1.807, 2.05) is 39.6 Å². The Kier molecular flexibility index (Phi) is 4.97. The summed E-state index contributed by atoms with van der Waals surface area (Å²) in [6.07, 6.45) is 2.25. The van der Waals surface area contributed by atoms with Gasteiger partial charge in [-0.2, -0.15) is 0 Å². The fraction of sp³-hybridized carbons (Fsp3) is 0.333. The molecule has 0 aliphatic carbocycles. The van der Waals surface area contributed by atoms with Crippen LogP contribution in [0.4, 0.5) is 0 Å². The molecule has 5 nitrogen and oxygen atoms in total. The number of benzene rings is 1. The third-order valence-corrected chi connectivity index (χ3v) is 11.3. The maximum absolute atomic E-state index is 12.9. The van der Waals surface area contributed by atoms with Gasteiger partial charge in [0.25, 0.3) is 0 Å². The van der Waals surface area contributed by atoms with E-state index in [0.29, 0.717) is 11.2 Å². The van der Waals surface area contributed by atoms with Crippen molar-refractivity contribution in [3.63, 3.8) is 0 Å². The zero-order valence-electron chi connectivity index (χ0n) is 16.9. The molecule has 2 aliphatic rings. The predicted octanol–water partition coefficient (Wildman–Crippen LogP) is 4.33. The topological polar surface area (TPSA) is 61.8 Å². The van der Waals surface area contributed by atoms with Gasteiger partial charge in [0.1, 0.15) is 0 Å². The molecule has 0 N–H and O–H groups in total. The van der Waals surface area contributed by atoms with Crippen LogP contribution in [0, 0.1) is 20.8 Å². The number of rotatable bonds is 3. The van der Waals surface area contributed by atoms with E-state index < -0.39 is 18.8 Å². The van der Waals surface area contributed by atoms with Crippen molar-refractivity contribution in [1.82, 2.24) is 0 Å². The van der Waals surface area contributed by atoms with Crippen LogP contribution in [0.3, 0.4) is 0 Å². The Bertz CT molecular complexity index is 983. The molecule has 0 bridgehead atoms. The molecule has 0 amide bonds. The van der Waals surface area contributed by atoms with Crippen molar-refractivity contribution in [3.05, 3.63) is 62.4 Å². The van der Waals surface area contributed by atoms with E-state index in [2.05, 4.69) is 12.1 Å². The summed E-state index contributed by atoms with van der Waals surface area (Å²) in [5, 5.41) is 1.80. The Morgan fingerprint density at radius 1 is 1.04 bits per heavy atom. The number of hydrogen-bond acceptors (Lipinski definition) is 5. The van der Waals surface area contributed by atoms with Gasteiger partial charge >= 0.3 is 170 Å². The van der Waals surface area contributed by atoms with E-state index in [9.17, 15) is 9.59 Å². The third-order valence-electron chi connectivity index (χ3n) is 5.36. The number of aryl methyl sites for hydroxylation is 3. The molecule has 0 unspecified atom stereocenters. The standard InChI is InChI=1S/C21H24ClO5P/c1-12-9-13(2)18(14(3)10-12)28(8-7-16(22)15(4)11-28)19(21(24)26-6)17(27-28)20(23)25-5/h7,9-11H,8H2,1-6H3. The predicted molar refractivity (Wildman–Crippen MR) is 112 cm³/mol. The van der Waals surface area contributed by atoms with Gasteiger partial charge < -0.3 is 0 Å². The normalized spacial score (nSPS) is 20.8. The molecule has 150 valence electrons. The summed E-state index contributed by atoms with van der Waals surface area (Å²) in [6.45, 7) is 4.23. The minimum atomic E-state index is -3.66. The fourth-order valence-electron chi connectivity index (χ4n) is 4.52. The van der Waals surface area contributed by atoms with Crippen LogP contribution in [-0.4, -0.2) is 32.3 Å². The fourth-order valence-corrected chi connectivity index (χ4v) is 10.8. The van der Waals surface area contributed by atoms with E-state index >= 15 is 0 Å². The van der Waals surface area contributed by atoms with Gasteiger partial charge in [0.2, 0.25) is 0 Å². The quantitative estimate of drug-likeness (QED) is 0.536. The summed E-state index contributed by atoms with van der Waals surface area (Å²) in [7, 11) is 2.56. The number of carbonyl (C=O) groups is 2. The SMILES string of the molecule is COC(=O)C1=C(C(=O)OC)P2(c3c(C)cc(C)cc3C)(C=C(C)C(Cl)=CC2)O1. The zero-order valence-corrected chi connectivity index (χ0v) is 18.5. The molecular weight excluding hydrogens is 399 g/mol. The first-order chi connectivity index (χ1) is 13.1. The number of carbonyl (C=O) groups excluding carboxylic acids is 2.